The van der Waals surface area contributed by atoms with Crippen LogP contribution in [0.2, 0.25) is 0 Å². The summed E-state index contributed by atoms with van der Waals surface area (Å²) < 4.78 is 18.1. The topological polar surface area (TPSA) is 96.6 Å². The highest BCUT2D eigenvalue weighted by Gasteiger charge is 2.35. The number of hydrazone groups is 1. The van der Waals surface area contributed by atoms with E-state index in [1.165, 1.54) is 16.8 Å². The summed E-state index contributed by atoms with van der Waals surface area (Å²) in [4.78, 5) is 16.7. The average molecular weight is 543 g/mol. The van der Waals surface area contributed by atoms with Gasteiger partial charge in [0.2, 0.25) is 5.17 Å². The fourth-order valence-electron chi connectivity index (χ4n) is 3.24. The van der Waals surface area contributed by atoms with Crippen LogP contribution in [0.3, 0.4) is 0 Å². The van der Waals surface area contributed by atoms with Crippen molar-refractivity contribution in [2.75, 3.05) is 19.8 Å². The molecule has 0 unspecified atom stereocenters. The van der Waals surface area contributed by atoms with E-state index in [0.717, 1.165) is 10.8 Å². The van der Waals surface area contributed by atoms with Crippen molar-refractivity contribution >= 4 is 55.7 Å². The van der Waals surface area contributed by atoms with Gasteiger partial charge in [-0.05, 0) is 76.9 Å². The molecule has 2 aromatic rings. The van der Waals surface area contributed by atoms with Crippen LogP contribution >= 0.6 is 27.7 Å². The van der Waals surface area contributed by atoms with E-state index < -0.39 is 5.91 Å². The molecule has 4 rings (SSSR count). The van der Waals surface area contributed by atoms with Crippen LogP contribution in [0.4, 0.5) is 0 Å². The van der Waals surface area contributed by atoms with E-state index in [1.807, 2.05) is 50.2 Å². The number of amides is 1. The molecule has 0 aliphatic carbocycles. The number of halogens is 1. The van der Waals surface area contributed by atoms with Crippen LogP contribution in [0.25, 0.3) is 6.08 Å². The molecule has 0 bridgehead atoms. The molecule has 2 aromatic carbocycles. The fraction of sp³-hybridized carbons (Fsp3) is 0.250. The van der Waals surface area contributed by atoms with Gasteiger partial charge in [0.25, 0.3) is 5.91 Å². The summed E-state index contributed by atoms with van der Waals surface area (Å²) in [5.41, 5.74) is 0.825. The van der Waals surface area contributed by atoms with Crippen molar-refractivity contribution in [3.63, 3.8) is 0 Å². The molecule has 0 radical (unpaired) electrons. The number of nitrogens with one attached hydrogen (secondary N) is 1. The Morgan fingerprint density at radius 3 is 2.62 bits per heavy atom. The van der Waals surface area contributed by atoms with Crippen molar-refractivity contribution in [2.24, 2.45) is 10.1 Å². The van der Waals surface area contributed by atoms with Crippen LogP contribution in [-0.2, 0) is 4.79 Å². The van der Waals surface area contributed by atoms with Crippen LogP contribution in [0.15, 0.2) is 62.6 Å². The van der Waals surface area contributed by atoms with Gasteiger partial charge in [0.15, 0.2) is 17.3 Å². The van der Waals surface area contributed by atoms with Crippen molar-refractivity contribution in [3.05, 3.63) is 58.1 Å². The van der Waals surface area contributed by atoms with E-state index >= 15 is 0 Å². The predicted molar refractivity (Wildman–Crippen MR) is 138 cm³/mol. The van der Waals surface area contributed by atoms with Gasteiger partial charge in [-0.1, -0.05) is 25.1 Å². The standard InChI is InChI=1S/C24H23BrN4O4S/c1-3-20-28-29-22(26)17(23(30)27-24(29)34-20)12-15-13-18(25)21(19(14-15)31-4-2)33-11-10-32-16-8-6-5-7-9-16/h5-9,12-14,26H,3-4,10-11H2,1-2H3/b17-12-,26-22?. The number of amidine groups is 2. The number of thioether (sulfide) groups is 1. The summed E-state index contributed by atoms with van der Waals surface area (Å²) in [5, 5.41) is 15.5. The Morgan fingerprint density at radius 1 is 1.12 bits per heavy atom. The third kappa shape index (κ3) is 5.34. The van der Waals surface area contributed by atoms with Gasteiger partial charge in [-0.2, -0.15) is 15.1 Å². The Kier molecular flexibility index (Phi) is 7.69. The Bertz CT molecular complexity index is 1200. The second-order valence-electron chi connectivity index (χ2n) is 7.14. The first-order chi connectivity index (χ1) is 16.5. The minimum atomic E-state index is -0.469. The first-order valence-electron chi connectivity index (χ1n) is 10.8. The number of rotatable bonds is 9. The number of carbonyl (C=O) groups is 1. The molecule has 2 aliphatic rings. The Labute approximate surface area is 210 Å². The molecule has 0 atom stereocenters. The maximum absolute atomic E-state index is 12.6. The number of hydrogen-bond acceptors (Lipinski definition) is 7. The van der Waals surface area contributed by atoms with Crippen LogP contribution in [0.1, 0.15) is 25.8 Å². The van der Waals surface area contributed by atoms with E-state index in [1.54, 1.807) is 12.1 Å². The smallest absolute Gasteiger partial charge is 0.283 e. The zero-order valence-corrected chi connectivity index (χ0v) is 21.1. The lowest BCUT2D eigenvalue weighted by Gasteiger charge is -2.20. The molecule has 0 spiro atoms. The highest BCUT2D eigenvalue weighted by atomic mass is 79.9. The third-order valence-electron chi connectivity index (χ3n) is 4.78. The molecule has 10 heteroatoms. The molecule has 8 nitrogen and oxygen atoms in total. The molecule has 0 aromatic heterocycles. The van der Waals surface area contributed by atoms with Gasteiger partial charge < -0.3 is 14.2 Å². The number of nitrogens with zero attached hydrogens (tertiary/aromatic N) is 3. The monoisotopic (exact) mass is 542 g/mol. The van der Waals surface area contributed by atoms with Crippen molar-refractivity contribution in [2.45, 2.75) is 20.3 Å². The van der Waals surface area contributed by atoms with Crippen LogP contribution < -0.4 is 14.2 Å². The van der Waals surface area contributed by atoms with Crippen molar-refractivity contribution in [1.29, 1.82) is 5.41 Å². The van der Waals surface area contributed by atoms with Crippen LogP contribution in [0.5, 0.6) is 17.2 Å². The van der Waals surface area contributed by atoms with E-state index in [4.69, 9.17) is 19.6 Å². The molecule has 1 amide bonds. The summed E-state index contributed by atoms with van der Waals surface area (Å²) >= 11 is 4.86. The highest BCUT2D eigenvalue weighted by molar-refractivity contribution is 9.10. The van der Waals surface area contributed by atoms with E-state index in [-0.39, 0.29) is 11.4 Å². The number of carbonyl (C=O) groups excluding carboxylic acids is 1. The predicted octanol–water partition coefficient (Wildman–Crippen LogP) is 5.33. The number of fused-ring (bicyclic) bond motifs is 1. The fourth-order valence-corrected chi connectivity index (χ4v) is 4.63. The number of ether oxygens (including phenoxy) is 3. The quantitative estimate of drug-likeness (QED) is 0.339. The third-order valence-corrected chi connectivity index (χ3v) is 6.42. The summed E-state index contributed by atoms with van der Waals surface area (Å²) in [6.45, 7) is 4.97. The minimum absolute atomic E-state index is 0.00146. The van der Waals surface area contributed by atoms with E-state index in [2.05, 4.69) is 26.0 Å². The second-order valence-corrected chi connectivity index (χ2v) is 9.04. The van der Waals surface area contributed by atoms with Gasteiger partial charge in [0.05, 0.1) is 16.7 Å². The molecule has 0 saturated carbocycles. The lowest BCUT2D eigenvalue weighted by atomic mass is 10.1. The zero-order valence-electron chi connectivity index (χ0n) is 18.7. The van der Waals surface area contributed by atoms with Gasteiger partial charge >= 0.3 is 0 Å². The average Bonchev–Trinajstić information content (AvgIpc) is 3.25. The Morgan fingerprint density at radius 2 is 1.88 bits per heavy atom. The molecular weight excluding hydrogens is 520 g/mol. The molecule has 2 heterocycles. The van der Waals surface area contributed by atoms with E-state index in [9.17, 15) is 4.79 Å². The second kappa shape index (κ2) is 10.9. The first-order valence-corrected chi connectivity index (χ1v) is 12.4. The SMILES string of the molecule is CCOc1cc(/C=C2/C(=N)N3N=C(CC)SC3=NC2=O)cc(Br)c1OCCOc1ccccc1. The van der Waals surface area contributed by atoms with Crippen molar-refractivity contribution < 1.29 is 19.0 Å². The normalized spacial score (nSPS) is 16.3. The van der Waals surface area contributed by atoms with Gasteiger partial charge in [-0.3, -0.25) is 10.2 Å². The van der Waals surface area contributed by atoms with Crippen LogP contribution in [-0.4, -0.2) is 46.8 Å². The number of hydrogen-bond donors (Lipinski definition) is 1. The molecule has 176 valence electrons. The number of benzene rings is 2. The zero-order chi connectivity index (χ0) is 24.1. The van der Waals surface area contributed by atoms with Crippen LogP contribution in [0, 0.1) is 5.41 Å². The Hall–Kier alpha value is -3.11. The lowest BCUT2D eigenvalue weighted by molar-refractivity contribution is -0.114. The number of aliphatic imine (C=N–C) groups is 1. The first kappa shape index (κ1) is 24.0. The van der Waals surface area contributed by atoms with Crippen molar-refractivity contribution in [3.8, 4) is 17.2 Å². The molecule has 34 heavy (non-hydrogen) atoms. The van der Waals surface area contributed by atoms with Gasteiger partial charge in [-0.25, -0.2) is 0 Å². The molecule has 0 fully saturated rings. The van der Waals surface area contributed by atoms with Gasteiger partial charge in [0.1, 0.15) is 24.0 Å². The largest absolute Gasteiger partial charge is 0.490 e. The summed E-state index contributed by atoms with van der Waals surface area (Å²) in [6.07, 6.45) is 2.33. The molecular formula is C24H23BrN4O4S. The lowest BCUT2D eigenvalue weighted by Crippen LogP contribution is -2.35. The summed E-state index contributed by atoms with van der Waals surface area (Å²) in [6, 6.07) is 13.1. The van der Waals surface area contributed by atoms with E-state index in [0.29, 0.717) is 52.9 Å². The highest BCUT2D eigenvalue weighted by Crippen LogP contribution is 2.38. The molecule has 0 saturated heterocycles. The van der Waals surface area contributed by atoms with Crippen molar-refractivity contribution in [1.82, 2.24) is 5.01 Å². The number of para-hydroxylation sites is 1. The molecule has 2 aliphatic heterocycles. The maximum Gasteiger partial charge on any atom is 0.283 e. The minimum Gasteiger partial charge on any atom is -0.490 e. The van der Waals surface area contributed by atoms with Gasteiger partial charge in [0, 0.05) is 0 Å². The maximum atomic E-state index is 12.6. The van der Waals surface area contributed by atoms with Gasteiger partial charge in [-0.15, -0.1) is 0 Å². The summed E-state index contributed by atoms with van der Waals surface area (Å²) in [5.74, 6) is 1.36. The molecule has 1 N–H and O–H groups in total. The summed E-state index contributed by atoms with van der Waals surface area (Å²) in [7, 11) is 0. The Balaban J connectivity index is 1.53.